The smallest absolute Gasteiger partial charge is 0.0672 e. The molecule has 4 nitrogen and oxygen atoms in total. The van der Waals surface area contributed by atoms with Crippen molar-refractivity contribution < 1.29 is 18.9 Å². The molecule has 2 saturated carbocycles. The number of hydrogen-bond acceptors (Lipinski definition) is 4. The summed E-state index contributed by atoms with van der Waals surface area (Å²) in [6.07, 6.45) is 6.42. The Bertz CT molecular complexity index is 318. The third-order valence-electron chi connectivity index (χ3n) is 5.25. The van der Waals surface area contributed by atoms with E-state index >= 15 is 0 Å². The molecule has 0 bridgehead atoms. The summed E-state index contributed by atoms with van der Waals surface area (Å²) in [6.45, 7) is 8.03. The molecular weight excluding hydrogens is 256 g/mol. The lowest BCUT2D eigenvalue weighted by Crippen LogP contribution is -2.58. The van der Waals surface area contributed by atoms with Crippen molar-refractivity contribution in [3.63, 3.8) is 0 Å². The van der Waals surface area contributed by atoms with Crippen molar-refractivity contribution in [2.75, 3.05) is 33.5 Å². The van der Waals surface area contributed by atoms with Crippen LogP contribution in [0.4, 0.5) is 0 Å². The van der Waals surface area contributed by atoms with Crippen LogP contribution in [0.2, 0.25) is 0 Å². The van der Waals surface area contributed by atoms with E-state index in [4.69, 9.17) is 18.9 Å². The third-order valence-corrected chi connectivity index (χ3v) is 5.25. The van der Waals surface area contributed by atoms with Gasteiger partial charge in [-0.2, -0.15) is 0 Å². The molecule has 4 aliphatic rings. The molecule has 4 rings (SSSR count). The first kappa shape index (κ1) is 14.8. The molecule has 0 aromatic rings. The van der Waals surface area contributed by atoms with Gasteiger partial charge in [-0.3, -0.25) is 0 Å². The molecule has 2 saturated heterocycles. The van der Waals surface area contributed by atoms with Gasteiger partial charge in [0.05, 0.1) is 44.7 Å². The Morgan fingerprint density at radius 1 is 1.05 bits per heavy atom. The van der Waals surface area contributed by atoms with Crippen LogP contribution in [0.5, 0.6) is 0 Å². The average Bonchev–Trinajstić information content (AvgIpc) is 2.17. The van der Waals surface area contributed by atoms with Gasteiger partial charge in [-0.1, -0.05) is 0 Å². The molecule has 2 spiro atoms. The zero-order valence-corrected chi connectivity index (χ0v) is 13.0. The average molecular weight is 284 g/mol. The van der Waals surface area contributed by atoms with Crippen molar-refractivity contribution >= 4 is 0 Å². The Morgan fingerprint density at radius 3 is 1.95 bits per heavy atom. The second-order valence-corrected chi connectivity index (χ2v) is 7.33. The van der Waals surface area contributed by atoms with Gasteiger partial charge in [-0.25, -0.2) is 0 Å². The molecule has 1 unspecified atom stereocenters. The molecule has 4 fully saturated rings. The van der Waals surface area contributed by atoms with Crippen LogP contribution in [0.1, 0.15) is 39.5 Å². The van der Waals surface area contributed by atoms with Crippen LogP contribution in [0.3, 0.4) is 0 Å². The normalized spacial score (nSPS) is 32.7. The summed E-state index contributed by atoms with van der Waals surface area (Å²) in [5, 5.41) is 0. The Kier molecular flexibility index (Phi) is 4.10. The summed E-state index contributed by atoms with van der Waals surface area (Å²) in [5.74, 6) is 0. The first-order valence-corrected chi connectivity index (χ1v) is 7.91. The molecule has 116 valence electrons. The summed E-state index contributed by atoms with van der Waals surface area (Å²) in [7, 11) is 1.80. The van der Waals surface area contributed by atoms with Gasteiger partial charge in [-0.05, 0) is 39.5 Å². The lowest BCUT2D eigenvalue weighted by atomic mass is 9.64. The van der Waals surface area contributed by atoms with Gasteiger partial charge in [0.1, 0.15) is 0 Å². The maximum atomic E-state index is 5.66. The van der Waals surface area contributed by atoms with Crippen LogP contribution in [0.25, 0.3) is 0 Å². The minimum absolute atomic E-state index is 0.387. The van der Waals surface area contributed by atoms with Crippen LogP contribution < -0.4 is 0 Å². The molecule has 0 aromatic carbocycles. The molecule has 2 aliphatic heterocycles. The molecule has 4 heteroatoms. The van der Waals surface area contributed by atoms with E-state index in [9.17, 15) is 0 Å². The molecule has 0 amide bonds. The minimum Gasteiger partial charge on any atom is -0.381 e. The van der Waals surface area contributed by atoms with E-state index in [0.29, 0.717) is 29.1 Å². The molecule has 2 aliphatic carbocycles. The van der Waals surface area contributed by atoms with Crippen LogP contribution in [-0.2, 0) is 18.9 Å². The Morgan fingerprint density at radius 2 is 1.70 bits per heavy atom. The van der Waals surface area contributed by atoms with Crippen molar-refractivity contribution in [2.45, 2.75) is 57.8 Å². The topological polar surface area (TPSA) is 36.9 Å². The highest BCUT2D eigenvalue weighted by Crippen LogP contribution is 2.49. The zero-order valence-electron chi connectivity index (χ0n) is 13.0. The van der Waals surface area contributed by atoms with E-state index in [0.717, 1.165) is 26.4 Å². The van der Waals surface area contributed by atoms with E-state index in [-0.39, 0.29) is 0 Å². The largest absolute Gasteiger partial charge is 0.381 e. The third kappa shape index (κ3) is 2.63. The molecule has 1 atom stereocenters. The number of hydrogen-bond donors (Lipinski definition) is 0. The maximum absolute atomic E-state index is 5.66. The van der Waals surface area contributed by atoms with Gasteiger partial charge in [-0.15, -0.1) is 0 Å². The monoisotopic (exact) mass is 284 g/mol. The molecule has 2 heterocycles. The number of ether oxygens (including phenoxy) is 4. The fourth-order valence-electron chi connectivity index (χ4n) is 3.75. The highest BCUT2D eigenvalue weighted by atomic mass is 16.5. The molecular formula is C16H28O4. The molecule has 20 heavy (non-hydrogen) atoms. The van der Waals surface area contributed by atoms with E-state index in [2.05, 4.69) is 13.8 Å². The van der Waals surface area contributed by atoms with Crippen molar-refractivity contribution in [3.05, 3.63) is 0 Å². The number of rotatable bonds is 3. The number of methoxy groups -OCH3 is 1. The standard InChI is InChI=1S/C9H16O2.C7H12O2/c1-7(2)11-8-3-9(4-8)5-10-6-9;1-8-6-2-3-7(6)4-9-5-7/h7-8H,3-6H2,1-2H3;6H,2-5H2,1H3. The van der Waals surface area contributed by atoms with Gasteiger partial charge in [0, 0.05) is 17.9 Å². The summed E-state index contributed by atoms with van der Waals surface area (Å²) in [5.41, 5.74) is 1.02. The van der Waals surface area contributed by atoms with Crippen molar-refractivity contribution in [1.29, 1.82) is 0 Å². The van der Waals surface area contributed by atoms with Gasteiger partial charge in [0.15, 0.2) is 0 Å². The second-order valence-electron chi connectivity index (χ2n) is 7.33. The predicted molar refractivity (Wildman–Crippen MR) is 75.8 cm³/mol. The Hall–Kier alpha value is -0.160. The molecule has 0 radical (unpaired) electrons. The van der Waals surface area contributed by atoms with Crippen molar-refractivity contribution in [2.24, 2.45) is 10.8 Å². The Labute approximate surface area is 122 Å². The van der Waals surface area contributed by atoms with E-state index in [1.54, 1.807) is 7.11 Å². The first-order chi connectivity index (χ1) is 9.57. The second kappa shape index (κ2) is 5.56. The van der Waals surface area contributed by atoms with Gasteiger partial charge >= 0.3 is 0 Å². The Balaban J connectivity index is 0.000000123. The lowest BCUT2D eigenvalue weighted by Gasteiger charge is -2.54. The highest BCUT2D eigenvalue weighted by molar-refractivity contribution is 5.01. The van der Waals surface area contributed by atoms with E-state index < -0.39 is 0 Å². The van der Waals surface area contributed by atoms with E-state index in [1.807, 2.05) is 0 Å². The fraction of sp³-hybridized carbons (Fsp3) is 1.00. The summed E-state index contributed by atoms with van der Waals surface area (Å²) in [4.78, 5) is 0. The van der Waals surface area contributed by atoms with Crippen LogP contribution in [0, 0.1) is 10.8 Å². The zero-order chi connectivity index (χ0) is 14.2. The molecule has 0 N–H and O–H groups in total. The van der Waals surface area contributed by atoms with Crippen molar-refractivity contribution in [1.82, 2.24) is 0 Å². The van der Waals surface area contributed by atoms with Crippen LogP contribution >= 0.6 is 0 Å². The summed E-state index contributed by atoms with van der Waals surface area (Å²) in [6, 6.07) is 0. The highest BCUT2D eigenvalue weighted by Gasteiger charge is 2.52. The first-order valence-electron chi connectivity index (χ1n) is 7.91. The minimum atomic E-state index is 0.387. The van der Waals surface area contributed by atoms with Gasteiger partial charge in [0.25, 0.3) is 0 Å². The van der Waals surface area contributed by atoms with Gasteiger partial charge in [0.2, 0.25) is 0 Å². The predicted octanol–water partition coefficient (Wildman–Crippen LogP) is 2.40. The summed E-state index contributed by atoms with van der Waals surface area (Å²) < 4.78 is 21.2. The summed E-state index contributed by atoms with van der Waals surface area (Å²) >= 11 is 0. The van der Waals surface area contributed by atoms with E-state index in [1.165, 1.54) is 25.7 Å². The van der Waals surface area contributed by atoms with Crippen molar-refractivity contribution in [3.8, 4) is 0 Å². The lowest BCUT2D eigenvalue weighted by molar-refractivity contribution is -0.230. The fourth-order valence-corrected chi connectivity index (χ4v) is 3.75. The maximum Gasteiger partial charge on any atom is 0.0672 e. The molecule has 0 aromatic heterocycles. The van der Waals surface area contributed by atoms with Gasteiger partial charge < -0.3 is 18.9 Å². The quantitative estimate of drug-likeness (QED) is 0.797. The van der Waals surface area contributed by atoms with Crippen LogP contribution in [-0.4, -0.2) is 51.8 Å². The SMILES string of the molecule is CC(C)OC1CC2(COC2)C1.COC1CCC12COC2. The van der Waals surface area contributed by atoms with Crippen LogP contribution in [0.15, 0.2) is 0 Å².